The zero-order chi connectivity index (χ0) is 17.8. The van der Waals surface area contributed by atoms with E-state index in [0.717, 1.165) is 38.3 Å². The van der Waals surface area contributed by atoms with Gasteiger partial charge < -0.3 is 5.11 Å². The Bertz CT molecular complexity index is 690. The van der Waals surface area contributed by atoms with Gasteiger partial charge in [0.05, 0.1) is 6.10 Å². The number of nitrogens with zero attached hydrogens (tertiary/aromatic N) is 3. The first-order chi connectivity index (χ1) is 12.0. The molecule has 0 bridgehead atoms. The van der Waals surface area contributed by atoms with Gasteiger partial charge in [0.15, 0.2) is 11.6 Å². The summed E-state index contributed by atoms with van der Waals surface area (Å²) in [5.74, 6) is -1.82. The first-order valence-corrected chi connectivity index (χ1v) is 8.54. The summed E-state index contributed by atoms with van der Waals surface area (Å²) in [4.78, 5) is 8.71. The minimum absolute atomic E-state index is 0.298. The van der Waals surface area contributed by atoms with Crippen molar-refractivity contribution in [2.24, 2.45) is 0 Å². The summed E-state index contributed by atoms with van der Waals surface area (Å²) in [5, 5.41) is 10.3. The van der Waals surface area contributed by atoms with Crippen LogP contribution >= 0.6 is 0 Å². The van der Waals surface area contributed by atoms with Crippen molar-refractivity contribution in [3.05, 3.63) is 65.5 Å². The monoisotopic (exact) mass is 347 g/mol. The molecule has 0 radical (unpaired) electrons. The minimum Gasteiger partial charge on any atom is -0.387 e. The Morgan fingerprint density at radius 2 is 1.84 bits per heavy atom. The summed E-state index contributed by atoms with van der Waals surface area (Å²) in [6, 6.07) is 7.88. The van der Waals surface area contributed by atoms with E-state index in [2.05, 4.69) is 27.8 Å². The molecule has 2 atom stereocenters. The minimum atomic E-state index is -0.924. The Balaban J connectivity index is 1.53. The van der Waals surface area contributed by atoms with E-state index in [1.54, 1.807) is 6.20 Å². The molecule has 1 aromatic carbocycles. The molecule has 6 heteroatoms. The van der Waals surface area contributed by atoms with E-state index in [0.29, 0.717) is 18.2 Å². The van der Waals surface area contributed by atoms with Crippen LogP contribution in [0.4, 0.5) is 8.78 Å². The second kappa shape index (κ2) is 7.99. The average molecular weight is 347 g/mol. The molecular formula is C19H23F2N3O. The van der Waals surface area contributed by atoms with E-state index in [-0.39, 0.29) is 0 Å². The second-order valence-corrected chi connectivity index (χ2v) is 6.49. The molecule has 3 rings (SSSR count). The molecule has 0 aliphatic carbocycles. The van der Waals surface area contributed by atoms with Crippen LogP contribution in [0.5, 0.6) is 0 Å². The fourth-order valence-electron chi connectivity index (χ4n) is 3.24. The van der Waals surface area contributed by atoms with Crippen LogP contribution in [-0.2, 0) is 0 Å². The van der Waals surface area contributed by atoms with Gasteiger partial charge in [-0.3, -0.25) is 14.8 Å². The molecule has 1 aromatic heterocycles. The highest BCUT2D eigenvalue weighted by Crippen LogP contribution is 2.22. The maximum Gasteiger partial charge on any atom is 0.159 e. The fourth-order valence-corrected chi connectivity index (χ4v) is 3.24. The maximum absolute atomic E-state index is 13.3. The number of rotatable bonds is 5. The van der Waals surface area contributed by atoms with Crippen LogP contribution in [0, 0.1) is 11.6 Å². The van der Waals surface area contributed by atoms with Gasteiger partial charge in [0, 0.05) is 51.2 Å². The fraction of sp³-hybridized carbons (Fsp3) is 0.421. The first-order valence-electron chi connectivity index (χ1n) is 8.54. The van der Waals surface area contributed by atoms with Crippen molar-refractivity contribution < 1.29 is 13.9 Å². The molecule has 4 nitrogen and oxygen atoms in total. The Labute approximate surface area is 146 Å². The van der Waals surface area contributed by atoms with Crippen molar-refractivity contribution in [1.29, 1.82) is 0 Å². The zero-order valence-corrected chi connectivity index (χ0v) is 14.3. The molecule has 1 aliphatic heterocycles. The summed E-state index contributed by atoms with van der Waals surface area (Å²) in [5.41, 5.74) is 1.60. The van der Waals surface area contributed by atoms with E-state index >= 15 is 0 Å². The van der Waals surface area contributed by atoms with Crippen molar-refractivity contribution in [3.8, 4) is 0 Å². The number of aromatic nitrogens is 1. The number of pyridine rings is 1. The third-order valence-electron chi connectivity index (χ3n) is 4.88. The van der Waals surface area contributed by atoms with Crippen LogP contribution in [0.25, 0.3) is 0 Å². The summed E-state index contributed by atoms with van der Waals surface area (Å²) in [7, 11) is 0. The molecule has 2 heterocycles. The van der Waals surface area contributed by atoms with Crippen molar-refractivity contribution in [2.75, 3.05) is 32.7 Å². The van der Waals surface area contributed by atoms with Crippen molar-refractivity contribution in [2.45, 2.75) is 19.1 Å². The lowest BCUT2D eigenvalue weighted by atomic mass is 10.1. The van der Waals surface area contributed by atoms with Crippen molar-refractivity contribution in [3.63, 3.8) is 0 Å². The average Bonchev–Trinajstić information content (AvgIpc) is 2.64. The smallest absolute Gasteiger partial charge is 0.159 e. The highest BCUT2D eigenvalue weighted by molar-refractivity contribution is 5.20. The highest BCUT2D eigenvalue weighted by Gasteiger charge is 2.24. The number of aliphatic hydroxyl groups is 1. The van der Waals surface area contributed by atoms with Crippen LogP contribution in [0.2, 0.25) is 0 Å². The number of β-amino-alcohol motifs (C(OH)–C–C–N with tert-alkyl or cyclic N) is 1. The first kappa shape index (κ1) is 17.9. The van der Waals surface area contributed by atoms with Crippen LogP contribution in [-0.4, -0.2) is 52.6 Å². The van der Waals surface area contributed by atoms with Gasteiger partial charge in [-0.2, -0.15) is 0 Å². The molecule has 1 fully saturated rings. The van der Waals surface area contributed by atoms with Gasteiger partial charge in [-0.05, 0) is 36.2 Å². The number of halogens is 2. The number of benzene rings is 1. The number of piperazine rings is 1. The summed E-state index contributed by atoms with van der Waals surface area (Å²) in [6.07, 6.45) is 2.84. The Morgan fingerprint density at radius 3 is 2.48 bits per heavy atom. The summed E-state index contributed by atoms with van der Waals surface area (Å²) < 4.78 is 26.3. The van der Waals surface area contributed by atoms with E-state index in [9.17, 15) is 13.9 Å². The van der Waals surface area contributed by atoms with Crippen LogP contribution in [0.3, 0.4) is 0 Å². The summed E-state index contributed by atoms with van der Waals surface area (Å²) in [6.45, 7) is 6.01. The van der Waals surface area contributed by atoms with Crippen molar-refractivity contribution >= 4 is 0 Å². The van der Waals surface area contributed by atoms with Gasteiger partial charge in [-0.15, -0.1) is 0 Å². The normalized spacial score (nSPS) is 18.9. The van der Waals surface area contributed by atoms with Gasteiger partial charge in [-0.1, -0.05) is 12.1 Å². The highest BCUT2D eigenvalue weighted by atomic mass is 19.2. The van der Waals surface area contributed by atoms with Crippen LogP contribution < -0.4 is 0 Å². The van der Waals surface area contributed by atoms with Gasteiger partial charge in [0.1, 0.15) is 0 Å². The molecule has 134 valence electrons. The third-order valence-corrected chi connectivity index (χ3v) is 4.88. The summed E-state index contributed by atoms with van der Waals surface area (Å²) >= 11 is 0. The zero-order valence-electron chi connectivity index (χ0n) is 14.3. The molecule has 0 saturated carbocycles. The van der Waals surface area contributed by atoms with Crippen LogP contribution in [0.15, 0.2) is 42.7 Å². The Kier molecular flexibility index (Phi) is 5.73. The SMILES string of the molecule is C[C@@H](c1cccnc1)N1CCN(C[C@H](O)c2ccc(F)c(F)c2)CC1. The van der Waals surface area contributed by atoms with Gasteiger partial charge in [-0.25, -0.2) is 8.78 Å². The van der Waals surface area contributed by atoms with Gasteiger partial charge >= 0.3 is 0 Å². The molecule has 0 spiro atoms. The van der Waals surface area contributed by atoms with E-state index in [1.165, 1.54) is 11.6 Å². The lowest BCUT2D eigenvalue weighted by Crippen LogP contribution is -2.48. The van der Waals surface area contributed by atoms with Crippen molar-refractivity contribution in [1.82, 2.24) is 14.8 Å². The molecule has 0 amide bonds. The number of hydrogen-bond acceptors (Lipinski definition) is 4. The van der Waals surface area contributed by atoms with Crippen LogP contribution in [0.1, 0.15) is 30.2 Å². The van der Waals surface area contributed by atoms with Gasteiger partial charge in [0.2, 0.25) is 0 Å². The standard InChI is InChI=1S/C19H23F2N3O/c1-14(16-3-2-6-22-12-16)24-9-7-23(8-10-24)13-19(25)15-4-5-17(20)18(21)11-15/h2-6,11-12,14,19,25H,7-10,13H2,1H3/t14-,19-/m0/s1. The molecule has 0 unspecified atom stereocenters. The molecule has 25 heavy (non-hydrogen) atoms. The van der Waals surface area contributed by atoms with E-state index in [4.69, 9.17) is 0 Å². The molecule has 1 saturated heterocycles. The number of aliphatic hydroxyl groups excluding tert-OH is 1. The lowest BCUT2D eigenvalue weighted by Gasteiger charge is -2.38. The predicted molar refractivity (Wildman–Crippen MR) is 92.0 cm³/mol. The second-order valence-electron chi connectivity index (χ2n) is 6.49. The largest absolute Gasteiger partial charge is 0.387 e. The van der Waals surface area contributed by atoms with E-state index < -0.39 is 17.7 Å². The quantitative estimate of drug-likeness (QED) is 0.903. The predicted octanol–water partition coefficient (Wildman–Crippen LogP) is 2.77. The number of hydrogen-bond donors (Lipinski definition) is 1. The Morgan fingerprint density at radius 1 is 1.08 bits per heavy atom. The van der Waals surface area contributed by atoms with E-state index in [1.807, 2.05) is 12.3 Å². The maximum atomic E-state index is 13.3. The Hall–Kier alpha value is -1.89. The van der Waals surface area contributed by atoms with Gasteiger partial charge in [0.25, 0.3) is 0 Å². The molecule has 2 aromatic rings. The molecular weight excluding hydrogens is 324 g/mol. The third kappa shape index (κ3) is 4.39. The lowest BCUT2D eigenvalue weighted by molar-refractivity contribution is 0.0587. The molecule has 1 aliphatic rings. The topological polar surface area (TPSA) is 39.6 Å². The molecule has 1 N–H and O–H groups in total.